The second kappa shape index (κ2) is 6.33. The van der Waals surface area contributed by atoms with Gasteiger partial charge in [-0.15, -0.1) is 0 Å². The second-order valence-electron chi connectivity index (χ2n) is 5.33. The normalized spacial score (nSPS) is 10.6. The van der Waals surface area contributed by atoms with E-state index in [1.807, 2.05) is 0 Å². The summed E-state index contributed by atoms with van der Waals surface area (Å²) in [6.07, 6.45) is 1.66. The fourth-order valence-electron chi connectivity index (χ4n) is 2.44. The van der Waals surface area contributed by atoms with Gasteiger partial charge in [0.05, 0.1) is 10.7 Å². The highest BCUT2D eigenvalue weighted by Gasteiger charge is 2.17. The van der Waals surface area contributed by atoms with E-state index in [0.29, 0.717) is 33.4 Å². The van der Waals surface area contributed by atoms with Crippen molar-refractivity contribution in [3.8, 4) is 0 Å². The molecule has 6 nitrogen and oxygen atoms in total. The van der Waals surface area contributed by atoms with Gasteiger partial charge in [-0.05, 0) is 43.3 Å². The molecule has 2 heterocycles. The number of carbonyl (C=O) groups excluding carboxylic acids is 2. The van der Waals surface area contributed by atoms with Crippen LogP contribution in [0.4, 0.5) is 11.4 Å². The minimum atomic E-state index is -0.283. The summed E-state index contributed by atoms with van der Waals surface area (Å²) in [6.45, 7) is 3.21. The number of nitrogens with zero attached hydrogens (tertiary/aromatic N) is 2. The Balaban J connectivity index is 1.86. The maximum absolute atomic E-state index is 12.6. The third-order valence-electron chi connectivity index (χ3n) is 3.43. The molecule has 2 N–H and O–H groups in total. The first-order chi connectivity index (χ1) is 11.4. The highest BCUT2D eigenvalue weighted by atomic mass is 35.5. The average Bonchev–Trinajstić information content (AvgIpc) is 2.84. The molecule has 0 saturated heterocycles. The van der Waals surface area contributed by atoms with Crippen LogP contribution in [0.15, 0.2) is 42.6 Å². The van der Waals surface area contributed by atoms with E-state index in [1.165, 1.54) is 6.92 Å². The summed E-state index contributed by atoms with van der Waals surface area (Å²) >= 11 is 6.01. The van der Waals surface area contributed by atoms with E-state index >= 15 is 0 Å². The van der Waals surface area contributed by atoms with Crippen LogP contribution in [0.5, 0.6) is 0 Å². The SMILES string of the molecule is CC(=O)Nc1ccc(NC(=O)c2c(C)nc3ccc(Cl)cn23)cc1. The van der Waals surface area contributed by atoms with Crippen LogP contribution in [-0.2, 0) is 4.79 Å². The number of aromatic nitrogens is 2. The summed E-state index contributed by atoms with van der Waals surface area (Å²) in [5, 5.41) is 6.02. The van der Waals surface area contributed by atoms with Gasteiger partial charge in [0, 0.05) is 24.5 Å². The fraction of sp³-hybridized carbons (Fsp3) is 0.118. The minimum Gasteiger partial charge on any atom is -0.326 e. The number of halogens is 1. The van der Waals surface area contributed by atoms with Crippen molar-refractivity contribution in [2.75, 3.05) is 10.6 Å². The molecule has 0 saturated carbocycles. The standard InChI is InChI=1S/C17H15ClN4O2/c1-10-16(22-9-12(18)3-8-15(22)19-10)17(24)21-14-6-4-13(5-7-14)20-11(2)23/h3-9H,1-2H3,(H,20,23)(H,21,24). The first kappa shape index (κ1) is 16.0. The van der Waals surface area contributed by atoms with Crippen LogP contribution in [-0.4, -0.2) is 21.2 Å². The van der Waals surface area contributed by atoms with E-state index in [2.05, 4.69) is 15.6 Å². The van der Waals surface area contributed by atoms with Crippen LogP contribution in [0.2, 0.25) is 5.02 Å². The highest BCUT2D eigenvalue weighted by molar-refractivity contribution is 6.30. The molecule has 0 unspecified atom stereocenters. The van der Waals surface area contributed by atoms with Crippen LogP contribution in [0, 0.1) is 6.92 Å². The van der Waals surface area contributed by atoms with E-state index in [0.717, 1.165) is 0 Å². The van der Waals surface area contributed by atoms with Crippen molar-refractivity contribution in [3.05, 3.63) is 59.0 Å². The molecule has 3 rings (SSSR count). The monoisotopic (exact) mass is 342 g/mol. The van der Waals surface area contributed by atoms with Gasteiger partial charge in [-0.1, -0.05) is 11.6 Å². The van der Waals surface area contributed by atoms with Crippen LogP contribution < -0.4 is 10.6 Å². The third kappa shape index (κ3) is 3.23. The van der Waals surface area contributed by atoms with Gasteiger partial charge in [-0.25, -0.2) is 4.98 Å². The van der Waals surface area contributed by atoms with Gasteiger partial charge in [0.15, 0.2) is 0 Å². The number of aryl methyl sites for hydroxylation is 1. The molecule has 0 atom stereocenters. The van der Waals surface area contributed by atoms with E-state index in [9.17, 15) is 9.59 Å². The van der Waals surface area contributed by atoms with Crippen LogP contribution >= 0.6 is 11.6 Å². The molecular formula is C17H15ClN4O2. The molecule has 7 heteroatoms. The average molecular weight is 343 g/mol. The van der Waals surface area contributed by atoms with Crippen molar-refractivity contribution in [1.29, 1.82) is 0 Å². The lowest BCUT2D eigenvalue weighted by atomic mass is 10.2. The first-order valence-electron chi connectivity index (χ1n) is 7.27. The molecule has 2 amide bonds. The zero-order valence-corrected chi connectivity index (χ0v) is 13.9. The third-order valence-corrected chi connectivity index (χ3v) is 3.66. The summed E-state index contributed by atoms with van der Waals surface area (Å²) in [5.74, 6) is -0.431. The molecule has 0 fully saturated rings. The molecule has 24 heavy (non-hydrogen) atoms. The Labute approximate surface area is 143 Å². The largest absolute Gasteiger partial charge is 0.326 e. The first-order valence-corrected chi connectivity index (χ1v) is 7.65. The molecule has 2 aromatic heterocycles. The minimum absolute atomic E-state index is 0.148. The molecule has 0 aliphatic heterocycles. The summed E-state index contributed by atoms with van der Waals surface area (Å²) in [5.41, 5.74) is 2.98. The number of fused-ring (bicyclic) bond motifs is 1. The Morgan fingerprint density at radius 1 is 1.04 bits per heavy atom. The van der Waals surface area contributed by atoms with Gasteiger partial charge in [0.2, 0.25) is 5.91 Å². The smallest absolute Gasteiger partial charge is 0.274 e. The second-order valence-corrected chi connectivity index (χ2v) is 5.77. The lowest BCUT2D eigenvalue weighted by Crippen LogP contribution is -2.15. The van der Waals surface area contributed by atoms with Crippen molar-refractivity contribution in [1.82, 2.24) is 9.38 Å². The maximum Gasteiger partial charge on any atom is 0.274 e. The predicted molar refractivity (Wildman–Crippen MR) is 93.6 cm³/mol. The topological polar surface area (TPSA) is 75.5 Å². The van der Waals surface area contributed by atoms with E-state index in [4.69, 9.17) is 11.6 Å². The number of carbonyl (C=O) groups is 2. The van der Waals surface area contributed by atoms with Crippen molar-refractivity contribution in [2.45, 2.75) is 13.8 Å². The zero-order chi connectivity index (χ0) is 17.3. The molecule has 1 aromatic carbocycles. The highest BCUT2D eigenvalue weighted by Crippen LogP contribution is 2.19. The Kier molecular flexibility index (Phi) is 4.22. The fourth-order valence-corrected chi connectivity index (χ4v) is 2.60. The van der Waals surface area contributed by atoms with Crippen LogP contribution in [0.3, 0.4) is 0 Å². The van der Waals surface area contributed by atoms with E-state index in [1.54, 1.807) is 53.9 Å². The zero-order valence-electron chi connectivity index (χ0n) is 13.1. The number of hydrogen-bond donors (Lipinski definition) is 2. The number of pyridine rings is 1. The molecule has 122 valence electrons. The van der Waals surface area contributed by atoms with Crippen molar-refractivity contribution >= 4 is 40.4 Å². The molecule has 3 aromatic rings. The summed E-state index contributed by atoms with van der Waals surface area (Å²) in [7, 11) is 0. The van der Waals surface area contributed by atoms with Crippen molar-refractivity contribution < 1.29 is 9.59 Å². The maximum atomic E-state index is 12.6. The van der Waals surface area contributed by atoms with Gasteiger partial charge in [-0.3, -0.25) is 14.0 Å². The van der Waals surface area contributed by atoms with Crippen molar-refractivity contribution in [3.63, 3.8) is 0 Å². The van der Waals surface area contributed by atoms with Crippen LogP contribution in [0.25, 0.3) is 5.65 Å². The number of benzene rings is 1. The Morgan fingerprint density at radius 3 is 2.29 bits per heavy atom. The summed E-state index contributed by atoms with van der Waals surface area (Å²) in [4.78, 5) is 28.0. The molecule has 0 spiro atoms. The predicted octanol–water partition coefficient (Wildman–Crippen LogP) is 3.51. The quantitative estimate of drug-likeness (QED) is 0.764. The molecule has 0 radical (unpaired) electrons. The molecule has 0 aliphatic rings. The van der Waals surface area contributed by atoms with Gasteiger partial charge < -0.3 is 10.6 Å². The van der Waals surface area contributed by atoms with E-state index < -0.39 is 0 Å². The number of anilines is 2. The molecule has 0 bridgehead atoms. The lowest BCUT2D eigenvalue weighted by Gasteiger charge is -2.08. The number of nitrogens with one attached hydrogen (secondary N) is 2. The Morgan fingerprint density at radius 2 is 1.67 bits per heavy atom. The Hall–Kier alpha value is -2.86. The number of imidazole rings is 1. The Bertz CT molecular complexity index is 932. The summed E-state index contributed by atoms with van der Waals surface area (Å²) in [6, 6.07) is 10.4. The van der Waals surface area contributed by atoms with Crippen molar-refractivity contribution in [2.24, 2.45) is 0 Å². The van der Waals surface area contributed by atoms with Gasteiger partial charge in [0.25, 0.3) is 5.91 Å². The van der Waals surface area contributed by atoms with Crippen LogP contribution in [0.1, 0.15) is 23.1 Å². The lowest BCUT2D eigenvalue weighted by molar-refractivity contribution is -0.114. The molecule has 0 aliphatic carbocycles. The van der Waals surface area contributed by atoms with Gasteiger partial charge in [0.1, 0.15) is 11.3 Å². The van der Waals surface area contributed by atoms with Gasteiger partial charge in [-0.2, -0.15) is 0 Å². The van der Waals surface area contributed by atoms with E-state index in [-0.39, 0.29) is 11.8 Å². The van der Waals surface area contributed by atoms with Gasteiger partial charge >= 0.3 is 0 Å². The number of hydrogen-bond acceptors (Lipinski definition) is 3. The molecular weight excluding hydrogens is 328 g/mol. The number of rotatable bonds is 3. The number of amides is 2. The summed E-state index contributed by atoms with van der Waals surface area (Å²) < 4.78 is 1.67.